The maximum absolute atomic E-state index is 11.7. The molecule has 0 aromatic heterocycles. The van der Waals surface area contributed by atoms with Crippen molar-refractivity contribution in [1.29, 1.82) is 0 Å². The van der Waals surface area contributed by atoms with Gasteiger partial charge in [-0.3, -0.25) is 4.79 Å². The number of carbonyl (C=O) groups is 1. The average Bonchev–Trinajstić information content (AvgIpc) is 2.23. The molecular weight excluding hydrogens is 152 g/mol. The van der Waals surface area contributed by atoms with E-state index in [4.69, 9.17) is 0 Å². The average molecular weight is 168 g/mol. The van der Waals surface area contributed by atoms with Gasteiger partial charge in [-0.1, -0.05) is 13.8 Å². The first-order chi connectivity index (χ1) is 5.52. The summed E-state index contributed by atoms with van der Waals surface area (Å²) in [4.78, 5) is 11.7. The second-order valence-corrected chi connectivity index (χ2v) is 4.90. The van der Waals surface area contributed by atoms with Crippen molar-refractivity contribution >= 4 is 5.78 Å². The number of aliphatic hydroxyl groups excluding tert-OH is 1. The van der Waals surface area contributed by atoms with E-state index in [1.807, 2.05) is 0 Å². The molecule has 0 aromatic carbocycles. The van der Waals surface area contributed by atoms with Crippen LogP contribution >= 0.6 is 0 Å². The van der Waals surface area contributed by atoms with Gasteiger partial charge in [0.25, 0.3) is 0 Å². The lowest BCUT2D eigenvalue weighted by atomic mass is 9.68. The van der Waals surface area contributed by atoms with E-state index in [1.54, 1.807) is 0 Å². The third kappa shape index (κ3) is 0.939. The fraction of sp³-hybridized carbons (Fsp3) is 0.900. The summed E-state index contributed by atoms with van der Waals surface area (Å²) in [6.45, 7) is 4.20. The predicted octanol–water partition coefficient (Wildman–Crippen LogP) is 1.37. The van der Waals surface area contributed by atoms with Crippen molar-refractivity contribution in [3.05, 3.63) is 0 Å². The van der Waals surface area contributed by atoms with Crippen LogP contribution in [0.5, 0.6) is 0 Å². The minimum Gasteiger partial charge on any atom is -0.392 e. The molecule has 0 aliphatic heterocycles. The molecule has 2 saturated carbocycles. The van der Waals surface area contributed by atoms with Crippen LogP contribution < -0.4 is 0 Å². The number of aliphatic hydroxyl groups is 1. The van der Waals surface area contributed by atoms with Gasteiger partial charge in [-0.25, -0.2) is 0 Å². The number of Topliss-reactive ketones (excluding diaryl/α,β-unsaturated/α-hetero) is 1. The summed E-state index contributed by atoms with van der Waals surface area (Å²) >= 11 is 0. The predicted molar refractivity (Wildman–Crippen MR) is 45.6 cm³/mol. The number of ketones is 1. The molecule has 0 aromatic rings. The van der Waals surface area contributed by atoms with Crippen LogP contribution in [0.15, 0.2) is 0 Å². The molecule has 0 spiro atoms. The molecule has 68 valence electrons. The normalized spacial score (nSPS) is 44.9. The van der Waals surface area contributed by atoms with Crippen molar-refractivity contribution in [1.82, 2.24) is 0 Å². The Balaban J connectivity index is 2.32. The number of hydrogen-bond donors (Lipinski definition) is 1. The third-order valence-corrected chi connectivity index (χ3v) is 3.62. The van der Waals surface area contributed by atoms with Gasteiger partial charge in [0.15, 0.2) is 0 Å². The standard InChI is InChI=1S/C10H16O2/c1-10(2)5-8(11)6-3-4-7(10)9(6)12/h6-8,11H,3-5H2,1-2H3/t6-,7+,8?/m1/s1. The van der Waals surface area contributed by atoms with Crippen LogP contribution in [-0.2, 0) is 4.79 Å². The fourth-order valence-corrected chi connectivity index (χ4v) is 2.87. The molecule has 1 N–H and O–H groups in total. The molecule has 3 atom stereocenters. The maximum Gasteiger partial charge on any atom is 0.142 e. The highest BCUT2D eigenvalue weighted by molar-refractivity contribution is 5.87. The Hall–Kier alpha value is -0.370. The lowest BCUT2D eigenvalue weighted by molar-refractivity contribution is -0.136. The van der Waals surface area contributed by atoms with Crippen molar-refractivity contribution in [3.63, 3.8) is 0 Å². The first-order valence-electron chi connectivity index (χ1n) is 4.74. The Bertz CT molecular complexity index is 220. The summed E-state index contributed by atoms with van der Waals surface area (Å²) in [6.07, 6.45) is 2.33. The molecular formula is C10H16O2. The van der Waals surface area contributed by atoms with Crippen LogP contribution in [0.1, 0.15) is 33.1 Å². The van der Waals surface area contributed by atoms with Gasteiger partial charge in [0, 0.05) is 11.8 Å². The molecule has 12 heavy (non-hydrogen) atoms. The zero-order valence-corrected chi connectivity index (χ0v) is 7.71. The Labute approximate surface area is 73.0 Å². The largest absolute Gasteiger partial charge is 0.392 e. The Morgan fingerprint density at radius 1 is 1.42 bits per heavy atom. The molecule has 2 aliphatic rings. The molecule has 0 amide bonds. The van der Waals surface area contributed by atoms with Crippen LogP contribution in [0.25, 0.3) is 0 Å². The smallest absolute Gasteiger partial charge is 0.142 e. The molecule has 2 aliphatic carbocycles. The summed E-state index contributed by atoms with van der Waals surface area (Å²) in [5, 5.41) is 9.68. The molecule has 2 nitrogen and oxygen atoms in total. The lowest BCUT2D eigenvalue weighted by Crippen LogP contribution is -2.42. The molecule has 2 rings (SSSR count). The quantitative estimate of drug-likeness (QED) is 0.593. The number of hydrogen-bond acceptors (Lipinski definition) is 2. The van der Waals surface area contributed by atoms with Crippen LogP contribution in [0, 0.1) is 17.3 Å². The van der Waals surface area contributed by atoms with E-state index in [2.05, 4.69) is 13.8 Å². The highest BCUT2D eigenvalue weighted by atomic mass is 16.3. The van der Waals surface area contributed by atoms with Gasteiger partial charge >= 0.3 is 0 Å². The SMILES string of the molecule is CC1(C)CC(O)[C@H]2CC[C@H]1C2=O. The monoisotopic (exact) mass is 168 g/mol. The van der Waals surface area contributed by atoms with Crippen molar-refractivity contribution in [3.8, 4) is 0 Å². The van der Waals surface area contributed by atoms with Crippen LogP contribution in [0.3, 0.4) is 0 Å². The molecule has 2 bridgehead atoms. The van der Waals surface area contributed by atoms with Gasteiger partial charge in [-0.15, -0.1) is 0 Å². The van der Waals surface area contributed by atoms with Crippen LogP contribution in [0.4, 0.5) is 0 Å². The second kappa shape index (κ2) is 2.32. The Kier molecular flexibility index (Phi) is 1.59. The van der Waals surface area contributed by atoms with Crippen LogP contribution in [0.2, 0.25) is 0 Å². The lowest BCUT2D eigenvalue weighted by Gasteiger charge is -2.37. The van der Waals surface area contributed by atoms with Gasteiger partial charge in [0.05, 0.1) is 6.10 Å². The van der Waals surface area contributed by atoms with Gasteiger partial charge in [0.2, 0.25) is 0 Å². The van der Waals surface area contributed by atoms with Gasteiger partial charge in [-0.2, -0.15) is 0 Å². The number of fused-ring (bicyclic) bond motifs is 2. The van der Waals surface area contributed by atoms with Crippen molar-refractivity contribution in [2.24, 2.45) is 17.3 Å². The van der Waals surface area contributed by atoms with E-state index in [0.29, 0.717) is 5.78 Å². The van der Waals surface area contributed by atoms with Crippen molar-refractivity contribution in [2.45, 2.75) is 39.2 Å². The zero-order chi connectivity index (χ0) is 8.93. The molecule has 2 heteroatoms. The minimum absolute atomic E-state index is 0.0250. The first kappa shape index (κ1) is 8.24. The van der Waals surface area contributed by atoms with Gasteiger partial charge in [0.1, 0.15) is 5.78 Å². The summed E-state index contributed by atoms with van der Waals surface area (Å²) in [7, 11) is 0. The summed E-state index contributed by atoms with van der Waals surface area (Å²) < 4.78 is 0. The second-order valence-electron chi connectivity index (χ2n) is 4.90. The van der Waals surface area contributed by atoms with E-state index in [0.717, 1.165) is 19.3 Å². The Morgan fingerprint density at radius 3 is 2.75 bits per heavy atom. The zero-order valence-electron chi connectivity index (χ0n) is 7.71. The first-order valence-corrected chi connectivity index (χ1v) is 4.74. The third-order valence-electron chi connectivity index (χ3n) is 3.62. The Morgan fingerprint density at radius 2 is 2.08 bits per heavy atom. The van der Waals surface area contributed by atoms with Crippen molar-refractivity contribution < 1.29 is 9.90 Å². The topological polar surface area (TPSA) is 37.3 Å². The highest BCUT2D eigenvalue weighted by Gasteiger charge is 2.51. The van der Waals surface area contributed by atoms with E-state index in [-0.39, 0.29) is 23.4 Å². The van der Waals surface area contributed by atoms with Gasteiger partial charge in [-0.05, 0) is 24.7 Å². The summed E-state index contributed by atoms with van der Waals surface area (Å²) in [6, 6.07) is 0. The van der Waals surface area contributed by atoms with E-state index in [1.165, 1.54) is 0 Å². The molecule has 0 heterocycles. The van der Waals surface area contributed by atoms with Gasteiger partial charge < -0.3 is 5.11 Å². The number of rotatable bonds is 0. The van der Waals surface area contributed by atoms with Crippen molar-refractivity contribution in [2.75, 3.05) is 0 Å². The molecule has 1 unspecified atom stereocenters. The molecule has 0 saturated heterocycles. The molecule has 2 fully saturated rings. The molecule has 0 radical (unpaired) electrons. The maximum atomic E-state index is 11.7. The van der Waals surface area contributed by atoms with E-state index >= 15 is 0 Å². The summed E-state index contributed by atoms with van der Waals surface area (Å²) in [5.41, 5.74) is 0.0312. The fourth-order valence-electron chi connectivity index (χ4n) is 2.87. The minimum atomic E-state index is -0.369. The van der Waals surface area contributed by atoms with E-state index < -0.39 is 0 Å². The van der Waals surface area contributed by atoms with Crippen LogP contribution in [-0.4, -0.2) is 17.0 Å². The summed E-state index contributed by atoms with van der Waals surface area (Å²) in [5.74, 6) is 0.521. The van der Waals surface area contributed by atoms with E-state index in [9.17, 15) is 9.90 Å². The highest BCUT2D eigenvalue weighted by Crippen LogP contribution is 2.49. The number of carbonyl (C=O) groups excluding carboxylic acids is 1.